The number of halogens is 1. The summed E-state index contributed by atoms with van der Waals surface area (Å²) in [6.07, 6.45) is 0. The zero-order valence-corrected chi connectivity index (χ0v) is 12.9. The Balaban J connectivity index is 2.07. The summed E-state index contributed by atoms with van der Waals surface area (Å²) < 4.78 is 1.34. The van der Waals surface area contributed by atoms with Crippen molar-refractivity contribution in [1.29, 1.82) is 0 Å². The van der Waals surface area contributed by atoms with Crippen LogP contribution in [0.2, 0.25) is 5.02 Å². The Morgan fingerprint density at radius 3 is 2.90 bits per heavy atom. The van der Waals surface area contributed by atoms with Crippen molar-refractivity contribution in [2.75, 3.05) is 6.54 Å². The van der Waals surface area contributed by atoms with E-state index in [0.29, 0.717) is 0 Å². The van der Waals surface area contributed by atoms with E-state index >= 15 is 0 Å². The maximum absolute atomic E-state index is 6.28. The van der Waals surface area contributed by atoms with Gasteiger partial charge in [-0.15, -0.1) is 11.3 Å². The summed E-state index contributed by atoms with van der Waals surface area (Å²) in [5.74, 6) is 0. The van der Waals surface area contributed by atoms with Crippen LogP contribution < -0.4 is 5.32 Å². The van der Waals surface area contributed by atoms with Crippen LogP contribution in [0.15, 0.2) is 47.8 Å². The number of thiophene rings is 1. The van der Waals surface area contributed by atoms with E-state index in [0.717, 1.165) is 23.7 Å². The fourth-order valence-corrected chi connectivity index (χ4v) is 3.48. The monoisotopic (exact) mass is 301 g/mol. The average Bonchev–Trinajstić information content (AvgIpc) is 2.95. The molecule has 0 spiro atoms. The van der Waals surface area contributed by atoms with E-state index < -0.39 is 0 Å². The molecule has 1 heterocycles. The smallest absolute Gasteiger partial charge is 0.0451 e. The summed E-state index contributed by atoms with van der Waals surface area (Å²) >= 11 is 8.07. The van der Waals surface area contributed by atoms with Crippen LogP contribution >= 0.6 is 22.9 Å². The Labute approximate surface area is 128 Å². The van der Waals surface area contributed by atoms with Crippen molar-refractivity contribution in [1.82, 2.24) is 5.32 Å². The predicted molar refractivity (Wildman–Crippen MR) is 89.7 cm³/mol. The van der Waals surface area contributed by atoms with E-state index in [1.807, 2.05) is 6.07 Å². The van der Waals surface area contributed by atoms with Crippen LogP contribution in [0, 0.1) is 0 Å². The quantitative estimate of drug-likeness (QED) is 0.686. The molecule has 3 heteroatoms. The molecule has 0 aliphatic carbocycles. The van der Waals surface area contributed by atoms with E-state index in [4.69, 9.17) is 11.6 Å². The second-order valence-electron chi connectivity index (χ2n) is 4.73. The van der Waals surface area contributed by atoms with E-state index in [1.54, 1.807) is 11.3 Å². The van der Waals surface area contributed by atoms with Crippen LogP contribution in [0.25, 0.3) is 21.2 Å². The lowest BCUT2D eigenvalue weighted by atomic mass is 10.0. The highest BCUT2D eigenvalue weighted by Crippen LogP contribution is 2.34. The van der Waals surface area contributed by atoms with Crippen LogP contribution in [0.4, 0.5) is 0 Å². The van der Waals surface area contributed by atoms with Gasteiger partial charge < -0.3 is 5.32 Å². The van der Waals surface area contributed by atoms with E-state index in [9.17, 15) is 0 Å². The van der Waals surface area contributed by atoms with Gasteiger partial charge in [-0.3, -0.25) is 0 Å². The molecule has 1 aromatic heterocycles. The fourth-order valence-electron chi connectivity index (χ4n) is 2.36. The molecule has 0 bridgehead atoms. The lowest BCUT2D eigenvalue weighted by Crippen LogP contribution is -2.12. The molecule has 1 nitrogen and oxygen atoms in total. The van der Waals surface area contributed by atoms with Crippen molar-refractivity contribution in [2.45, 2.75) is 13.5 Å². The molecule has 3 aromatic rings. The first kappa shape index (κ1) is 13.6. The van der Waals surface area contributed by atoms with Gasteiger partial charge in [-0.2, -0.15) is 0 Å². The number of hydrogen-bond acceptors (Lipinski definition) is 2. The molecule has 0 fully saturated rings. The summed E-state index contributed by atoms with van der Waals surface area (Å²) in [4.78, 5) is 0. The minimum Gasteiger partial charge on any atom is -0.313 e. The van der Waals surface area contributed by atoms with Gasteiger partial charge >= 0.3 is 0 Å². The van der Waals surface area contributed by atoms with Crippen LogP contribution in [-0.2, 0) is 6.54 Å². The number of hydrogen-bond donors (Lipinski definition) is 1. The van der Waals surface area contributed by atoms with Gasteiger partial charge in [-0.1, -0.05) is 42.8 Å². The second kappa shape index (κ2) is 5.96. The highest BCUT2D eigenvalue weighted by Gasteiger charge is 2.07. The minimum absolute atomic E-state index is 0.809. The summed E-state index contributed by atoms with van der Waals surface area (Å²) in [5.41, 5.74) is 3.67. The third kappa shape index (κ3) is 2.59. The molecule has 0 saturated heterocycles. The fraction of sp³-hybridized carbons (Fsp3) is 0.176. The number of benzene rings is 2. The van der Waals surface area contributed by atoms with Gasteiger partial charge in [0, 0.05) is 16.3 Å². The third-order valence-electron chi connectivity index (χ3n) is 3.40. The molecule has 3 rings (SSSR count). The first-order valence-electron chi connectivity index (χ1n) is 6.75. The molecule has 0 saturated carbocycles. The van der Waals surface area contributed by atoms with Gasteiger partial charge in [-0.05, 0) is 52.2 Å². The van der Waals surface area contributed by atoms with Gasteiger partial charge in [0.15, 0.2) is 0 Å². The van der Waals surface area contributed by atoms with Crippen LogP contribution in [0.5, 0.6) is 0 Å². The standard InChI is InChI=1S/C17H16ClNS/c1-2-19-11-14-10-13(6-7-16(14)18)15-5-3-4-12-8-9-20-17(12)15/h3-10,19H,2,11H2,1H3. The summed E-state index contributed by atoms with van der Waals surface area (Å²) in [6, 6.07) is 14.9. The molecular formula is C17H16ClNS. The van der Waals surface area contributed by atoms with Crippen LogP contribution in [-0.4, -0.2) is 6.54 Å². The molecule has 0 amide bonds. The Hall–Kier alpha value is -1.35. The van der Waals surface area contributed by atoms with Gasteiger partial charge in [0.25, 0.3) is 0 Å². The molecule has 2 aromatic carbocycles. The van der Waals surface area contributed by atoms with Crippen molar-refractivity contribution >= 4 is 33.0 Å². The molecule has 0 aliphatic heterocycles. The Morgan fingerprint density at radius 2 is 2.05 bits per heavy atom. The lowest BCUT2D eigenvalue weighted by molar-refractivity contribution is 0.727. The molecule has 102 valence electrons. The minimum atomic E-state index is 0.809. The SMILES string of the molecule is CCNCc1cc(-c2cccc3ccsc23)ccc1Cl. The van der Waals surface area contributed by atoms with Gasteiger partial charge in [0.05, 0.1) is 0 Å². The van der Waals surface area contributed by atoms with E-state index in [1.165, 1.54) is 21.2 Å². The molecule has 1 N–H and O–H groups in total. The van der Waals surface area contributed by atoms with Crippen molar-refractivity contribution in [2.24, 2.45) is 0 Å². The predicted octanol–water partition coefficient (Wildman–Crippen LogP) is 5.33. The Kier molecular flexibility index (Phi) is 4.06. The molecule has 0 unspecified atom stereocenters. The van der Waals surface area contributed by atoms with Crippen LogP contribution in [0.3, 0.4) is 0 Å². The largest absolute Gasteiger partial charge is 0.313 e. The zero-order valence-electron chi connectivity index (χ0n) is 11.3. The number of nitrogens with one attached hydrogen (secondary N) is 1. The summed E-state index contributed by atoms with van der Waals surface area (Å²) in [6.45, 7) is 3.86. The molecule has 0 aliphatic rings. The van der Waals surface area contributed by atoms with E-state index in [2.05, 4.69) is 54.0 Å². The van der Waals surface area contributed by atoms with Crippen molar-refractivity contribution < 1.29 is 0 Å². The first-order chi connectivity index (χ1) is 9.79. The molecule has 0 atom stereocenters. The van der Waals surface area contributed by atoms with Crippen molar-refractivity contribution in [3.8, 4) is 11.1 Å². The van der Waals surface area contributed by atoms with Gasteiger partial charge in [-0.25, -0.2) is 0 Å². The van der Waals surface area contributed by atoms with Gasteiger partial charge in [0.1, 0.15) is 0 Å². The Bertz CT molecular complexity index is 733. The summed E-state index contributed by atoms with van der Waals surface area (Å²) in [7, 11) is 0. The number of rotatable bonds is 4. The van der Waals surface area contributed by atoms with Gasteiger partial charge in [0.2, 0.25) is 0 Å². The zero-order chi connectivity index (χ0) is 13.9. The normalized spacial score (nSPS) is 11.1. The van der Waals surface area contributed by atoms with Crippen molar-refractivity contribution in [3.05, 3.63) is 58.4 Å². The van der Waals surface area contributed by atoms with E-state index in [-0.39, 0.29) is 0 Å². The second-order valence-corrected chi connectivity index (χ2v) is 6.05. The molecule has 20 heavy (non-hydrogen) atoms. The maximum Gasteiger partial charge on any atom is 0.0451 e. The van der Waals surface area contributed by atoms with Crippen molar-refractivity contribution in [3.63, 3.8) is 0 Å². The topological polar surface area (TPSA) is 12.0 Å². The number of fused-ring (bicyclic) bond motifs is 1. The third-order valence-corrected chi connectivity index (χ3v) is 4.73. The van der Waals surface area contributed by atoms with Crippen LogP contribution in [0.1, 0.15) is 12.5 Å². The maximum atomic E-state index is 6.28. The Morgan fingerprint density at radius 1 is 1.15 bits per heavy atom. The first-order valence-corrected chi connectivity index (χ1v) is 8.01. The highest BCUT2D eigenvalue weighted by atomic mass is 35.5. The lowest BCUT2D eigenvalue weighted by Gasteiger charge is -2.09. The average molecular weight is 302 g/mol. The summed E-state index contributed by atoms with van der Waals surface area (Å²) in [5, 5.41) is 7.61. The molecule has 0 radical (unpaired) electrons. The highest BCUT2D eigenvalue weighted by molar-refractivity contribution is 7.17. The molecular weight excluding hydrogens is 286 g/mol.